The summed E-state index contributed by atoms with van der Waals surface area (Å²) in [6.45, 7) is 4.69. The summed E-state index contributed by atoms with van der Waals surface area (Å²) >= 11 is 0. The Kier molecular flexibility index (Phi) is 9.46. The van der Waals surface area contributed by atoms with Crippen LogP contribution in [0.1, 0.15) is 25.0 Å². The molecule has 0 saturated carbocycles. The minimum atomic E-state index is -0.0566. The van der Waals surface area contributed by atoms with Gasteiger partial charge in [-0.05, 0) is 74.2 Å². The molecule has 4 heterocycles. The zero-order valence-electron chi connectivity index (χ0n) is 31.6. The normalized spacial score (nSPS) is 12.4. The van der Waals surface area contributed by atoms with Gasteiger partial charge in [0.05, 0.1) is 16.7 Å². The first-order valence-corrected chi connectivity index (χ1v) is 19.1. The molecule has 0 atom stereocenters. The monoisotopic (exact) mass is 908 g/mol. The number of rotatable bonds is 4. The average molecular weight is 908 g/mol. The van der Waals surface area contributed by atoms with Crippen LogP contribution in [0.2, 0.25) is 0 Å². The van der Waals surface area contributed by atoms with E-state index in [1.165, 1.54) is 60.7 Å². The Bertz CT molecular complexity index is 2970. The maximum absolute atomic E-state index is 4.73. The average Bonchev–Trinajstić information content (AvgIpc) is 3.61. The molecule has 57 heavy (non-hydrogen) atoms. The zero-order valence-corrected chi connectivity index (χ0v) is 34.0. The summed E-state index contributed by atoms with van der Waals surface area (Å²) in [6, 6.07) is 68.3. The summed E-state index contributed by atoms with van der Waals surface area (Å²) in [5, 5.41) is 4.93. The summed E-state index contributed by atoms with van der Waals surface area (Å²) in [7, 11) is 0. The van der Waals surface area contributed by atoms with Crippen molar-refractivity contribution in [2.24, 2.45) is 0 Å². The third-order valence-corrected chi connectivity index (χ3v) is 11.2. The summed E-state index contributed by atoms with van der Waals surface area (Å²) in [5.74, 6) is 0. The van der Waals surface area contributed by atoms with E-state index < -0.39 is 0 Å². The van der Waals surface area contributed by atoms with Crippen LogP contribution < -0.4 is 0 Å². The van der Waals surface area contributed by atoms with E-state index in [2.05, 4.69) is 157 Å². The van der Waals surface area contributed by atoms with Crippen molar-refractivity contribution in [3.63, 3.8) is 0 Å². The van der Waals surface area contributed by atoms with Crippen molar-refractivity contribution in [2.45, 2.75) is 19.3 Å². The molecule has 10 aromatic rings. The van der Waals surface area contributed by atoms with Gasteiger partial charge in [-0.1, -0.05) is 123 Å². The van der Waals surface area contributed by atoms with Gasteiger partial charge >= 0.3 is 0 Å². The molecule has 0 bridgehead atoms. The van der Waals surface area contributed by atoms with Gasteiger partial charge in [-0.15, -0.1) is 71.3 Å². The largest absolute Gasteiger partial charge is 0.309 e. The van der Waals surface area contributed by atoms with Gasteiger partial charge in [-0.25, -0.2) is 0 Å². The Balaban J connectivity index is 0.000000187. The van der Waals surface area contributed by atoms with Crippen molar-refractivity contribution in [3.8, 4) is 50.5 Å². The van der Waals surface area contributed by atoms with E-state index in [0.29, 0.717) is 0 Å². The number of fused-ring (bicyclic) bond motifs is 6. The molecule has 0 fully saturated rings. The number of para-hydroxylation sites is 2. The van der Waals surface area contributed by atoms with Crippen LogP contribution in [0.3, 0.4) is 0 Å². The first kappa shape index (κ1) is 36.2. The summed E-state index contributed by atoms with van der Waals surface area (Å²) in [4.78, 5) is 9.23. The number of nitrogens with zero attached hydrogens (tertiary/aromatic N) is 3. The number of hydrogen-bond donors (Lipinski definition) is 0. The number of pyridine rings is 2. The smallest absolute Gasteiger partial charge is 0.0582 e. The Labute approximate surface area is 346 Å². The summed E-state index contributed by atoms with van der Waals surface area (Å²) in [5.41, 5.74) is 15.2. The van der Waals surface area contributed by atoms with Crippen molar-refractivity contribution >= 4 is 32.6 Å². The van der Waals surface area contributed by atoms with Gasteiger partial charge in [-0.3, -0.25) is 0 Å². The second-order valence-corrected chi connectivity index (χ2v) is 14.9. The quantitative estimate of drug-likeness (QED) is 0.165. The van der Waals surface area contributed by atoms with E-state index >= 15 is 0 Å². The van der Waals surface area contributed by atoms with E-state index in [1.807, 2.05) is 67.0 Å². The third-order valence-electron chi connectivity index (χ3n) is 11.2. The van der Waals surface area contributed by atoms with Crippen LogP contribution in [0.25, 0.3) is 83.0 Å². The van der Waals surface area contributed by atoms with Crippen LogP contribution in [-0.4, -0.2) is 14.5 Å². The Morgan fingerprint density at radius 3 is 2.09 bits per heavy atom. The minimum absolute atomic E-state index is 0. The van der Waals surface area contributed by atoms with Crippen molar-refractivity contribution in [2.75, 3.05) is 0 Å². The number of hydrogen-bond acceptors (Lipinski definition) is 2. The fourth-order valence-electron chi connectivity index (χ4n) is 8.37. The fourth-order valence-corrected chi connectivity index (χ4v) is 8.37. The molecule has 1 radical (unpaired) electrons. The Morgan fingerprint density at radius 1 is 0.509 bits per heavy atom. The van der Waals surface area contributed by atoms with Gasteiger partial charge in [0.25, 0.3) is 0 Å². The Hall–Kier alpha value is -6.45. The molecule has 0 spiro atoms. The molecule has 4 heteroatoms. The molecule has 7 aromatic carbocycles. The molecule has 11 rings (SSSR count). The van der Waals surface area contributed by atoms with Crippen molar-refractivity contribution in [3.05, 3.63) is 212 Å². The molecule has 1 aliphatic heterocycles. The molecule has 275 valence electrons. The third kappa shape index (κ3) is 6.38. The van der Waals surface area contributed by atoms with E-state index in [9.17, 15) is 0 Å². The number of benzene rings is 7. The molecular weight excluding hydrogens is 871 g/mol. The minimum Gasteiger partial charge on any atom is -0.309 e. The van der Waals surface area contributed by atoms with Crippen LogP contribution in [0, 0.1) is 12.1 Å². The van der Waals surface area contributed by atoms with Gasteiger partial charge in [0, 0.05) is 48.7 Å². The van der Waals surface area contributed by atoms with Crippen LogP contribution >= 0.6 is 0 Å². The van der Waals surface area contributed by atoms with E-state index in [-0.39, 0.29) is 25.5 Å². The predicted octanol–water partition coefficient (Wildman–Crippen LogP) is 13.3. The number of aromatic nitrogens is 3. The molecule has 0 N–H and O–H groups in total. The van der Waals surface area contributed by atoms with Crippen LogP contribution in [0.15, 0.2) is 188 Å². The second kappa shape index (κ2) is 14.9. The zero-order chi connectivity index (χ0) is 37.6. The first-order valence-electron chi connectivity index (χ1n) is 19.1. The van der Waals surface area contributed by atoms with Gasteiger partial charge in [0.15, 0.2) is 0 Å². The molecule has 0 unspecified atom stereocenters. The molecule has 0 aliphatic carbocycles. The van der Waals surface area contributed by atoms with Crippen molar-refractivity contribution in [1.82, 2.24) is 14.5 Å². The van der Waals surface area contributed by atoms with Crippen molar-refractivity contribution < 1.29 is 20.1 Å². The van der Waals surface area contributed by atoms with E-state index in [4.69, 9.17) is 4.98 Å². The van der Waals surface area contributed by atoms with Gasteiger partial charge < -0.3 is 14.5 Å². The van der Waals surface area contributed by atoms with Gasteiger partial charge in [0.1, 0.15) is 0 Å². The molecule has 3 nitrogen and oxygen atoms in total. The fraction of sp³-hybridized carbons (Fsp3) is 0.0566. The molecule has 3 aromatic heterocycles. The van der Waals surface area contributed by atoms with E-state index in [1.54, 1.807) is 0 Å². The standard InChI is InChI=1S/C36H25N2.C17H12N.Ir/c1-36(2)30-14-5-6-16-33(30)38-32-18-17-25(22-29(32)28-13-8-15-31(36)35(28)38)24-10-7-11-26(21-24)34-27-12-4-3-9-23(27)19-20-37-34;1-3-7-14(8-4-1)16-11-12-17(18-13-16)15-9-5-2-6-10-15;/h3-10,12-22H,1-2H3;1-9,11-13H;/q2*-1;. The summed E-state index contributed by atoms with van der Waals surface area (Å²) < 4.78 is 2.47. The van der Waals surface area contributed by atoms with Crippen LogP contribution in [-0.2, 0) is 25.5 Å². The van der Waals surface area contributed by atoms with Crippen molar-refractivity contribution in [1.29, 1.82) is 0 Å². The summed E-state index contributed by atoms with van der Waals surface area (Å²) in [6.07, 6.45) is 3.79. The molecule has 0 amide bonds. The Morgan fingerprint density at radius 2 is 1.25 bits per heavy atom. The first-order chi connectivity index (χ1) is 27.5. The molecule has 1 aliphatic rings. The molecule has 0 saturated heterocycles. The molecular formula is C53H37IrN3-2. The maximum atomic E-state index is 4.73. The maximum Gasteiger partial charge on any atom is 0.0582 e. The van der Waals surface area contributed by atoms with Crippen LogP contribution in [0.4, 0.5) is 0 Å². The van der Waals surface area contributed by atoms with Crippen LogP contribution in [0.5, 0.6) is 0 Å². The van der Waals surface area contributed by atoms with E-state index in [0.717, 1.165) is 33.5 Å². The van der Waals surface area contributed by atoms with Gasteiger partial charge in [0.2, 0.25) is 0 Å². The SMILES string of the molecule is CC1(C)c2ccccc2-n2c3ccc(-c4cc[c-]c(-c5nccc6ccccc56)c4)cc3c3cccc1c32.[Ir].[c-]1ccccc1-c1ccc(-c2ccccc2)cn1. The second-order valence-electron chi connectivity index (χ2n) is 14.9. The predicted molar refractivity (Wildman–Crippen MR) is 232 cm³/mol. The topological polar surface area (TPSA) is 30.7 Å². The van der Waals surface area contributed by atoms with Gasteiger partial charge in [-0.2, -0.15) is 0 Å².